The summed E-state index contributed by atoms with van der Waals surface area (Å²) in [5.41, 5.74) is 3.02. The molecule has 1 aromatic heterocycles. The molecule has 28 heavy (non-hydrogen) atoms. The van der Waals surface area contributed by atoms with Crippen LogP contribution < -0.4 is 14.3 Å². The smallest absolute Gasteiger partial charge is 0.206 e. The third-order valence-corrected chi connectivity index (χ3v) is 5.04. The first-order chi connectivity index (χ1) is 13.8. The summed E-state index contributed by atoms with van der Waals surface area (Å²) in [7, 11) is 1.67. The van der Waals surface area contributed by atoms with Gasteiger partial charge in [0, 0.05) is 18.1 Å². The van der Waals surface area contributed by atoms with Crippen molar-refractivity contribution in [1.82, 2.24) is 4.68 Å². The number of hydrogen-bond acceptors (Lipinski definition) is 6. The number of aromatic nitrogens is 1. The van der Waals surface area contributed by atoms with E-state index in [9.17, 15) is 0 Å². The van der Waals surface area contributed by atoms with Crippen LogP contribution in [0.3, 0.4) is 0 Å². The van der Waals surface area contributed by atoms with E-state index in [0.29, 0.717) is 26.4 Å². The first-order valence-corrected chi connectivity index (χ1v) is 9.92. The third kappa shape index (κ3) is 4.16. The highest BCUT2D eigenvalue weighted by atomic mass is 32.1. The summed E-state index contributed by atoms with van der Waals surface area (Å²) in [6, 6.07) is 16.0. The summed E-state index contributed by atoms with van der Waals surface area (Å²) >= 11 is 1.56. The standard InChI is InChI=1S/C21H21N3O3S/c1-25-10-9-22-21-24(18(15-28-21)17-5-3-2-4-6-17)23-14-16-7-8-19-20(13-16)27-12-11-26-19/h2-8,13-15H,9-12H2,1H3/b22-21?,23-14-. The molecule has 0 unspecified atom stereocenters. The van der Waals surface area contributed by atoms with Gasteiger partial charge in [0.1, 0.15) is 13.2 Å². The molecule has 0 atom stereocenters. The number of nitrogens with zero attached hydrogens (tertiary/aromatic N) is 3. The zero-order chi connectivity index (χ0) is 19.2. The molecule has 1 aliphatic heterocycles. The van der Waals surface area contributed by atoms with Gasteiger partial charge in [0.05, 0.1) is 25.1 Å². The molecule has 4 rings (SSSR count). The molecule has 7 heteroatoms. The predicted octanol–water partition coefficient (Wildman–Crippen LogP) is 3.42. The first kappa shape index (κ1) is 18.5. The SMILES string of the molecule is COCCN=c1scc(-c2ccccc2)n1/N=C\c1ccc2c(c1)OCCO2. The minimum Gasteiger partial charge on any atom is -0.486 e. The zero-order valence-corrected chi connectivity index (χ0v) is 16.4. The van der Waals surface area contributed by atoms with Gasteiger partial charge in [-0.05, 0) is 23.8 Å². The highest BCUT2D eigenvalue weighted by Crippen LogP contribution is 2.30. The molecule has 3 aromatic rings. The van der Waals surface area contributed by atoms with Gasteiger partial charge in [-0.25, -0.2) is 4.68 Å². The summed E-state index contributed by atoms with van der Waals surface area (Å²) in [5, 5.41) is 6.78. The van der Waals surface area contributed by atoms with Gasteiger partial charge in [-0.2, -0.15) is 5.10 Å². The lowest BCUT2D eigenvalue weighted by Crippen LogP contribution is -2.15. The van der Waals surface area contributed by atoms with Gasteiger partial charge in [-0.15, -0.1) is 11.3 Å². The minimum atomic E-state index is 0.563. The van der Waals surface area contributed by atoms with Gasteiger partial charge in [0.15, 0.2) is 11.5 Å². The Kier molecular flexibility index (Phi) is 5.84. The quantitative estimate of drug-likeness (QED) is 0.475. The number of thiazole rings is 1. The Morgan fingerprint density at radius 3 is 2.75 bits per heavy atom. The summed E-state index contributed by atoms with van der Waals surface area (Å²) in [4.78, 5) is 5.45. The Bertz CT molecular complexity index is 1020. The highest BCUT2D eigenvalue weighted by molar-refractivity contribution is 7.07. The van der Waals surface area contributed by atoms with Gasteiger partial charge in [-0.3, -0.25) is 4.99 Å². The Labute approximate surface area is 167 Å². The second-order valence-electron chi connectivity index (χ2n) is 6.10. The maximum atomic E-state index is 5.66. The van der Waals surface area contributed by atoms with E-state index in [1.165, 1.54) is 0 Å². The maximum absolute atomic E-state index is 5.66. The first-order valence-electron chi connectivity index (χ1n) is 9.04. The van der Waals surface area contributed by atoms with Crippen molar-refractivity contribution in [1.29, 1.82) is 0 Å². The predicted molar refractivity (Wildman–Crippen MR) is 110 cm³/mol. The lowest BCUT2D eigenvalue weighted by atomic mass is 10.2. The molecule has 0 saturated heterocycles. The monoisotopic (exact) mass is 395 g/mol. The van der Waals surface area contributed by atoms with Gasteiger partial charge in [0.25, 0.3) is 0 Å². The number of fused-ring (bicyclic) bond motifs is 1. The van der Waals surface area contributed by atoms with E-state index in [-0.39, 0.29) is 0 Å². The van der Waals surface area contributed by atoms with Crippen molar-refractivity contribution in [3.8, 4) is 22.8 Å². The number of ether oxygens (including phenoxy) is 3. The molecule has 2 heterocycles. The lowest BCUT2D eigenvalue weighted by molar-refractivity contribution is 0.171. The van der Waals surface area contributed by atoms with Crippen LogP contribution >= 0.6 is 11.3 Å². The van der Waals surface area contributed by atoms with Crippen molar-refractivity contribution in [2.24, 2.45) is 10.1 Å². The largest absolute Gasteiger partial charge is 0.486 e. The van der Waals surface area contributed by atoms with Gasteiger partial charge < -0.3 is 14.2 Å². The average Bonchev–Trinajstić information content (AvgIpc) is 3.15. The number of rotatable bonds is 6. The van der Waals surface area contributed by atoms with E-state index < -0.39 is 0 Å². The van der Waals surface area contributed by atoms with Crippen LogP contribution in [0.2, 0.25) is 0 Å². The molecule has 0 radical (unpaired) electrons. The third-order valence-electron chi connectivity index (χ3n) is 4.19. The van der Waals surface area contributed by atoms with Crippen molar-refractivity contribution in [3.05, 3.63) is 64.3 Å². The van der Waals surface area contributed by atoms with Crippen LogP contribution in [-0.4, -0.2) is 44.4 Å². The van der Waals surface area contributed by atoms with Crippen molar-refractivity contribution in [3.63, 3.8) is 0 Å². The van der Waals surface area contributed by atoms with Crippen LogP contribution in [0.1, 0.15) is 5.56 Å². The minimum absolute atomic E-state index is 0.563. The average molecular weight is 395 g/mol. The molecule has 144 valence electrons. The fourth-order valence-electron chi connectivity index (χ4n) is 2.82. The van der Waals surface area contributed by atoms with Crippen LogP contribution in [0, 0.1) is 0 Å². The van der Waals surface area contributed by atoms with E-state index in [0.717, 1.165) is 33.1 Å². The summed E-state index contributed by atoms with van der Waals surface area (Å²) in [6.45, 7) is 2.31. The van der Waals surface area contributed by atoms with E-state index in [1.807, 2.05) is 47.3 Å². The van der Waals surface area contributed by atoms with Gasteiger partial charge >= 0.3 is 0 Å². The van der Waals surface area contributed by atoms with Crippen LogP contribution in [0.15, 0.2) is 64.0 Å². The molecule has 0 bridgehead atoms. The van der Waals surface area contributed by atoms with E-state index in [1.54, 1.807) is 18.4 Å². The van der Waals surface area contributed by atoms with Crippen molar-refractivity contribution in [2.75, 3.05) is 33.5 Å². The molecule has 0 spiro atoms. The molecule has 6 nitrogen and oxygen atoms in total. The van der Waals surface area contributed by atoms with Crippen molar-refractivity contribution in [2.45, 2.75) is 0 Å². The van der Waals surface area contributed by atoms with Gasteiger partial charge in [0.2, 0.25) is 4.80 Å². The Morgan fingerprint density at radius 1 is 1.11 bits per heavy atom. The van der Waals surface area contributed by atoms with Crippen LogP contribution in [-0.2, 0) is 4.74 Å². The molecule has 0 amide bonds. The van der Waals surface area contributed by atoms with Crippen molar-refractivity contribution >= 4 is 17.6 Å². The maximum Gasteiger partial charge on any atom is 0.206 e. The molecule has 0 fully saturated rings. The fourth-order valence-corrected chi connectivity index (χ4v) is 3.69. The Morgan fingerprint density at radius 2 is 1.93 bits per heavy atom. The van der Waals surface area contributed by atoms with Gasteiger partial charge in [-0.1, -0.05) is 30.3 Å². The van der Waals surface area contributed by atoms with Crippen LogP contribution in [0.5, 0.6) is 11.5 Å². The molecular formula is C21H21N3O3S. The molecule has 0 saturated carbocycles. The zero-order valence-electron chi connectivity index (χ0n) is 15.6. The number of methoxy groups -OCH3 is 1. The van der Waals surface area contributed by atoms with E-state index in [2.05, 4.69) is 22.5 Å². The summed E-state index contributed by atoms with van der Waals surface area (Å²) in [6.07, 6.45) is 1.81. The fraction of sp³-hybridized carbons (Fsp3) is 0.238. The Hall–Kier alpha value is -2.90. The summed E-state index contributed by atoms with van der Waals surface area (Å²) in [5.74, 6) is 1.52. The number of hydrogen-bond donors (Lipinski definition) is 0. The Balaban J connectivity index is 1.70. The normalized spacial score (nSPS) is 14.0. The second-order valence-corrected chi connectivity index (χ2v) is 6.94. The molecule has 0 aliphatic carbocycles. The molecule has 2 aromatic carbocycles. The highest BCUT2D eigenvalue weighted by Gasteiger charge is 2.11. The van der Waals surface area contributed by atoms with Crippen LogP contribution in [0.4, 0.5) is 0 Å². The van der Waals surface area contributed by atoms with E-state index >= 15 is 0 Å². The van der Waals surface area contributed by atoms with Crippen molar-refractivity contribution < 1.29 is 14.2 Å². The topological polar surface area (TPSA) is 57.3 Å². The van der Waals surface area contributed by atoms with E-state index in [4.69, 9.17) is 19.3 Å². The molecular weight excluding hydrogens is 374 g/mol. The van der Waals surface area contributed by atoms with Crippen LogP contribution in [0.25, 0.3) is 11.3 Å². The second kappa shape index (κ2) is 8.86. The lowest BCUT2D eigenvalue weighted by Gasteiger charge is -2.18. The molecule has 1 aliphatic rings. The summed E-state index contributed by atoms with van der Waals surface area (Å²) < 4.78 is 18.2. The molecule has 0 N–H and O–H groups in total. The number of benzene rings is 2.